The second kappa shape index (κ2) is 10.2. The largest absolute Gasteiger partial charge is 0.432 e. The van der Waals surface area contributed by atoms with E-state index < -0.39 is 16.6 Å². The lowest BCUT2D eigenvalue weighted by molar-refractivity contribution is -0.118. The van der Waals surface area contributed by atoms with Crippen LogP contribution in [-0.2, 0) is 16.0 Å². The lowest BCUT2D eigenvalue weighted by atomic mass is 10.1. The average Bonchev–Trinajstić information content (AvgIpc) is 2.46. The molecule has 1 aromatic rings. The summed E-state index contributed by atoms with van der Waals surface area (Å²) in [6.07, 6.45) is 2.73. The summed E-state index contributed by atoms with van der Waals surface area (Å²) in [4.78, 5) is 43.5. The van der Waals surface area contributed by atoms with Gasteiger partial charge in [0.2, 0.25) is 5.91 Å². The highest BCUT2D eigenvalue weighted by molar-refractivity contribution is 6.70. The zero-order valence-electron chi connectivity index (χ0n) is 16.5. The van der Waals surface area contributed by atoms with Gasteiger partial charge in [0.25, 0.3) is 0 Å². The van der Waals surface area contributed by atoms with Crippen LogP contribution in [0.15, 0.2) is 24.3 Å². The van der Waals surface area contributed by atoms with E-state index in [0.29, 0.717) is 25.7 Å². The van der Waals surface area contributed by atoms with Crippen LogP contribution >= 0.6 is 0 Å². The SMILES string of the molecule is C[Si](C)(O)CCCC(=O)Cc1ccc(NC(=O)CCC[Si](C)(C)O)cc1. The fraction of sp³-hybridized carbons (Fsp3) is 0.579. The molecule has 0 heterocycles. The summed E-state index contributed by atoms with van der Waals surface area (Å²) >= 11 is 0. The zero-order valence-corrected chi connectivity index (χ0v) is 18.5. The number of rotatable bonds is 11. The van der Waals surface area contributed by atoms with E-state index in [-0.39, 0.29) is 11.7 Å². The Hall–Kier alpha value is -1.29. The highest BCUT2D eigenvalue weighted by Crippen LogP contribution is 2.15. The third-order valence-electron chi connectivity index (χ3n) is 4.08. The maximum absolute atomic E-state index is 12.0. The van der Waals surface area contributed by atoms with Gasteiger partial charge < -0.3 is 14.9 Å². The summed E-state index contributed by atoms with van der Waals surface area (Å²) in [5.74, 6) is 0.124. The van der Waals surface area contributed by atoms with Crippen LogP contribution in [0.1, 0.15) is 31.2 Å². The second-order valence-electron chi connectivity index (χ2n) is 8.29. The van der Waals surface area contributed by atoms with E-state index in [9.17, 15) is 19.2 Å². The monoisotopic (exact) mass is 395 g/mol. The quantitative estimate of drug-likeness (QED) is 0.499. The van der Waals surface area contributed by atoms with Gasteiger partial charge in [-0.3, -0.25) is 9.59 Å². The lowest BCUT2D eigenvalue weighted by Gasteiger charge is -2.13. The van der Waals surface area contributed by atoms with Gasteiger partial charge in [0.1, 0.15) is 5.78 Å². The summed E-state index contributed by atoms with van der Waals surface area (Å²) in [6.45, 7) is 7.52. The van der Waals surface area contributed by atoms with Crippen molar-refractivity contribution in [2.24, 2.45) is 0 Å². The molecule has 1 aromatic carbocycles. The third kappa shape index (κ3) is 11.4. The number of anilines is 1. The molecule has 0 aliphatic heterocycles. The van der Waals surface area contributed by atoms with Gasteiger partial charge in [0.05, 0.1) is 0 Å². The molecule has 26 heavy (non-hydrogen) atoms. The first-order chi connectivity index (χ1) is 11.9. The Morgan fingerprint density at radius 1 is 0.885 bits per heavy atom. The summed E-state index contributed by atoms with van der Waals surface area (Å²) in [5, 5.41) is 2.85. The minimum atomic E-state index is -2.08. The van der Waals surface area contributed by atoms with Gasteiger partial charge in [0.15, 0.2) is 16.6 Å². The number of amides is 1. The third-order valence-corrected chi connectivity index (χ3v) is 7.23. The first-order valence-corrected chi connectivity index (χ1v) is 15.6. The van der Waals surface area contributed by atoms with Crippen LogP contribution in [0.2, 0.25) is 38.3 Å². The van der Waals surface area contributed by atoms with Gasteiger partial charge >= 0.3 is 0 Å². The van der Waals surface area contributed by atoms with Gasteiger partial charge in [-0.25, -0.2) is 0 Å². The van der Waals surface area contributed by atoms with Crippen molar-refractivity contribution in [3.63, 3.8) is 0 Å². The average molecular weight is 396 g/mol. The number of nitrogens with one attached hydrogen (secondary N) is 1. The smallest absolute Gasteiger partial charge is 0.224 e. The molecule has 0 aliphatic rings. The van der Waals surface area contributed by atoms with Crippen LogP contribution in [0.4, 0.5) is 5.69 Å². The van der Waals surface area contributed by atoms with Gasteiger partial charge in [-0.05, 0) is 68.8 Å². The number of hydrogen-bond donors (Lipinski definition) is 3. The second-order valence-corrected chi connectivity index (χ2v) is 16.5. The molecule has 0 aliphatic carbocycles. The van der Waals surface area contributed by atoms with E-state index in [1.54, 1.807) is 0 Å². The molecule has 0 aromatic heterocycles. The topological polar surface area (TPSA) is 86.6 Å². The predicted molar refractivity (Wildman–Crippen MR) is 111 cm³/mol. The van der Waals surface area contributed by atoms with Crippen LogP contribution in [0.5, 0.6) is 0 Å². The van der Waals surface area contributed by atoms with Crippen molar-refractivity contribution in [3.05, 3.63) is 29.8 Å². The lowest BCUT2D eigenvalue weighted by Crippen LogP contribution is -2.25. The molecule has 0 fully saturated rings. The molecule has 0 unspecified atom stereocenters. The van der Waals surface area contributed by atoms with Crippen LogP contribution in [0.3, 0.4) is 0 Å². The Morgan fingerprint density at radius 2 is 1.38 bits per heavy atom. The number of hydrogen-bond acceptors (Lipinski definition) is 4. The van der Waals surface area contributed by atoms with Gasteiger partial charge in [0, 0.05) is 24.9 Å². The summed E-state index contributed by atoms with van der Waals surface area (Å²) in [5.41, 5.74) is 1.65. The Balaban J connectivity index is 2.36. The minimum absolute atomic E-state index is 0.0529. The highest BCUT2D eigenvalue weighted by atomic mass is 28.4. The van der Waals surface area contributed by atoms with Crippen molar-refractivity contribution in [2.75, 3.05) is 5.32 Å². The summed E-state index contributed by atoms with van der Waals surface area (Å²) < 4.78 is 0. The minimum Gasteiger partial charge on any atom is -0.432 e. The van der Waals surface area contributed by atoms with E-state index in [4.69, 9.17) is 0 Å². The molecular weight excluding hydrogens is 362 g/mol. The Labute approximate surface area is 159 Å². The molecule has 146 valence electrons. The fourth-order valence-corrected chi connectivity index (χ4v) is 4.73. The first kappa shape index (κ1) is 22.8. The number of Topliss-reactive ketones (excluding diaryl/α,β-unsaturated/α-hetero) is 1. The van der Waals surface area contributed by atoms with E-state index in [2.05, 4.69) is 5.32 Å². The van der Waals surface area contributed by atoms with Gasteiger partial charge in [-0.2, -0.15) is 0 Å². The zero-order chi connectivity index (χ0) is 19.8. The van der Waals surface area contributed by atoms with E-state index in [1.165, 1.54) is 0 Å². The number of benzene rings is 1. The molecular formula is C19H33NO4Si2. The van der Waals surface area contributed by atoms with Crippen molar-refractivity contribution in [3.8, 4) is 0 Å². The van der Waals surface area contributed by atoms with E-state index in [1.807, 2.05) is 50.5 Å². The molecule has 3 N–H and O–H groups in total. The predicted octanol–water partition coefficient (Wildman–Crippen LogP) is 3.69. The van der Waals surface area contributed by atoms with Crippen molar-refractivity contribution >= 4 is 34.0 Å². The molecule has 0 bridgehead atoms. The van der Waals surface area contributed by atoms with Crippen molar-refractivity contribution in [1.82, 2.24) is 0 Å². The molecule has 5 nitrogen and oxygen atoms in total. The molecule has 0 saturated heterocycles. The van der Waals surface area contributed by atoms with Crippen LogP contribution in [-0.4, -0.2) is 37.9 Å². The Bertz CT molecular complexity index is 536. The first-order valence-electron chi connectivity index (χ1n) is 9.30. The van der Waals surface area contributed by atoms with Crippen LogP contribution in [0, 0.1) is 0 Å². The molecule has 1 rings (SSSR count). The van der Waals surface area contributed by atoms with Crippen molar-refractivity contribution in [1.29, 1.82) is 0 Å². The van der Waals surface area contributed by atoms with Gasteiger partial charge in [-0.15, -0.1) is 0 Å². The summed E-state index contributed by atoms with van der Waals surface area (Å²) in [6, 6.07) is 8.82. The maximum atomic E-state index is 12.0. The molecule has 0 saturated carbocycles. The van der Waals surface area contributed by atoms with Gasteiger partial charge in [-0.1, -0.05) is 12.1 Å². The van der Waals surface area contributed by atoms with E-state index in [0.717, 1.165) is 29.8 Å². The molecule has 7 heteroatoms. The normalized spacial score (nSPS) is 12.1. The van der Waals surface area contributed by atoms with Crippen molar-refractivity contribution in [2.45, 2.75) is 70.4 Å². The molecule has 1 amide bonds. The summed E-state index contributed by atoms with van der Waals surface area (Å²) in [7, 11) is -4.15. The Kier molecular flexibility index (Phi) is 8.89. The molecule has 0 atom stereocenters. The number of carbonyl (C=O) groups excluding carboxylic acids is 2. The number of carbonyl (C=O) groups is 2. The van der Waals surface area contributed by atoms with E-state index >= 15 is 0 Å². The van der Waals surface area contributed by atoms with Crippen molar-refractivity contribution < 1.29 is 19.2 Å². The molecule has 0 radical (unpaired) electrons. The molecule has 0 spiro atoms. The maximum Gasteiger partial charge on any atom is 0.224 e. The Morgan fingerprint density at radius 3 is 1.88 bits per heavy atom. The number of ketones is 1. The fourth-order valence-electron chi connectivity index (χ4n) is 2.65. The highest BCUT2D eigenvalue weighted by Gasteiger charge is 2.17. The standard InChI is InChI=1S/C19H33NO4Si2/c1-25(2,23)13-5-7-18(21)15-16-9-11-17(12-10-16)20-19(22)8-6-14-26(3,4)24/h9-12,23-24H,5-8,13-15H2,1-4H3,(H,20,22). The van der Waals surface area contributed by atoms with Crippen LogP contribution < -0.4 is 5.32 Å². The van der Waals surface area contributed by atoms with Crippen LogP contribution in [0.25, 0.3) is 0 Å².